The number of nitrogens with two attached hydrogens (primary N) is 1. The van der Waals surface area contributed by atoms with Gasteiger partial charge in [-0.1, -0.05) is 5.16 Å². The molecule has 0 bridgehead atoms. The van der Waals surface area contributed by atoms with Gasteiger partial charge in [0, 0.05) is 11.3 Å². The highest BCUT2D eigenvalue weighted by atomic mass is 35.5. The third-order valence-corrected chi connectivity index (χ3v) is 2.21. The van der Waals surface area contributed by atoms with Crippen LogP contribution in [0.25, 0.3) is 0 Å². The Labute approximate surface area is 91.6 Å². The summed E-state index contributed by atoms with van der Waals surface area (Å²) < 4.78 is 4.88. The van der Waals surface area contributed by atoms with Gasteiger partial charge in [0.15, 0.2) is 5.82 Å². The van der Waals surface area contributed by atoms with E-state index in [1.807, 2.05) is 0 Å². The maximum atomic E-state index is 10.4. The molecule has 84 valence electrons. The van der Waals surface area contributed by atoms with Crippen molar-refractivity contribution in [2.75, 3.05) is 0 Å². The summed E-state index contributed by atoms with van der Waals surface area (Å²) >= 11 is 0. The van der Waals surface area contributed by atoms with Gasteiger partial charge in [-0.25, -0.2) is 0 Å². The lowest BCUT2D eigenvalue weighted by atomic mass is 10.3. The predicted octanol–water partition coefficient (Wildman–Crippen LogP) is 0.644. The average molecular weight is 235 g/mol. The van der Waals surface area contributed by atoms with Gasteiger partial charge in [-0.2, -0.15) is 4.98 Å². The highest BCUT2D eigenvalue weighted by Crippen LogP contribution is 2.41. The number of nitro groups is 1. The zero-order valence-electron chi connectivity index (χ0n) is 7.99. The Morgan fingerprint density at radius 2 is 2.40 bits per heavy atom. The topological polar surface area (TPSA) is 108 Å². The van der Waals surface area contributed by atoms with Crippen LogP contribution in [0.15, 0.2) is 4.52 Å². The molecule has 0 radical (unpaired) electrons. The van der Waals surface area contributed by atoms with Crippen LogP contribution in [0.5, 0.6) is 0 Å². The Morgan fingerprint density at radius 1 is 1.73 bits per heavy atom. The second-order valence-electron chi connectivity index (χ2n) is 3.47. The van der Waals surface area contributed by atoms with Crippen molar-refractivity contribution < 1.29 is 9.45 Å². The standard InChI is InChI=1S/C7H10N4O3.ClH/c1-3(8)6-9-7(14-10-6)4-2-5(4)11(12)13;/h3-5H,2,8H2,1H3;1H/t3?,4-,5-;/m0./s1. The van der Waals surface area contributed by atoms with E-state index in [9.17, 15) is 10.1 Å². The highest BCUT2D eigenvalue weighted by Gasteiger charge is 2.53. The Hall–Kier alpha value is -1.21. The van der Waals surface area contributed by atoms with Crippen molar-refractivity contribution in [3.05, 3.63) is 21.8 Å². The van der Waals surface area contributed by atoms with Gasteiger partial charge >= 0.3 is 0 Å². The molecule has 2 rings (SSSR count). The molecular weight excluding hydrogens is 224 g/mol. The van der Waals surface area contributed by atoms with E-state index in [0.29, 0.717) is 18.1 Å². The van der Waals surface area contributed by atoms with Crippen LogP contribution in [-0.4, -0.2) is 21.1 Å². The first kappa shape index (κ1) is 11.9. The van der Waals surface area contributed by atoms with E-state index < -0.39 is 6.04 Å². The number of hydrogen-bond donors (Lipinski definition) is 1. The van der Waals surface area contributed by atoms with Gasteiger partial charge in [0.2, 0.25) is 11.9 Å². The zero-order valence-corrected chi connectivity index (χ0v) is 8.81. The lowest BCUT2D eigenvalue weighted by molar-refractivity contribution is -0.496. The Balaban J connectivity index is 0.00000112. The zero-order chi connectivity index (χ0) is 10.3. The van der Waals surface area contributed by atoms with Gasteiger partial charge in [0.05, 0.1) is 6.04 Å². The first-order chi connectivity index (χ1) is 6.59. The summed E-state index contributed by atoms with van der Waals surface area (Å²) in [5.74, 6) is 0.512. The van der Waals surface area contributed by atoms with E-state index >= 15 is 0 Å². The predicted molar refractivity (Wildman–Crippen MR) is 52.3 cm³/mol. The lowest BCUT2D eigenvalue weighted by Crippen LogP contribution is -2.07. The van der Waals surface area contributed by atoms with Crippen molar-refractivity contribution in [2.45, 2.75) is 31.3 Å². The fourth-order valence-electron chi connectivity index (χ4n) is 1.26. The maximum Gasteiger partial charge on any atom is 0.237 e. The smallest absolute Gasteiger partial charge is 0.237 e. The molecule has 0 spiro atoms. The largest absolute Gasteiger partial charge is 0.339 e. The van der Waals surface area contributed by atoms with Crippen molar-refractivity contribution in [3.63, 3.8) is 0 Å². The molecule has 1 aliphatic carbocycles. The number of nitrogens with zero attached hydrogens (tertiary/aromatic N) is 3. The Bertz CT molecular complexity index is 367. The van der Waals surface area contributed by atoms with Gasteiger partial charge in [-0.05, 0) is 6.92 Å². The van der Waals surface area contributed by atoms with Crippen LogP contribution in [0.2, 0.25) is 0 Å². The van der Waals surface area contributed by atoms with E-state index in [0.717, 1.165) is 0 Å². The van der Waals surface area contributed by atoms with Crippen molar-refractivity contribution in [2.24, 2.45) is 5.73 Å². The second-order valence-corrected chi connectivity index (χ2v) is 3.47. The molecule has 1 unspecified atom stereocenters. The first-order valence-electron chi connectivity index (χ1n) is 4.32. The van der Waals surface area contributed by atoms with E-state index in [-0.39, 0.29) is 29.3 Å². The number of aromatic nitrogens is 2. The fraction of sp³-hybridized carbons (Fsp3) is 0.714. The molecule has 8 heteroatoms. The summed E-state index contributed by atoms with van der Waals surface area (Å²) in [7, 11) is 0. The molecule has 2 N–H and O–H groups in total. The minimum absolute atomic E-state index is 0. The Morgan fingerprint density at radius 3 is 2.80 bits per heavy atom. The number of halogens is 1. The normalized spacial score (nSPS) is 25.5. The summed E-state index contributed by atoms with van der Waals surface area (Å²) in [5.41, 5.74) is 5.52. The van der Waals surface area contributed by atoms with E-state index in [4.69, 9.17) is 10.3 Å². The molecule has 1 aliphatic rings. The molecule has 15 heavy (non-hydrogen) atoms. The maximum absolute atomic E-state index is 10.4. The second kappa shape index (κ2) is 4.11. The monoisotopic (exact) mass is 234 g/mol. The third kappa shape index (κ3) is 2.24. The van der Waals surface area contributed by atoms with Crippen molar-refractivity contribution in [1.82, 2.24) is 10.1 Å². The summed E-state index contributed by atoms with van der Waals surface area (Å²) in [6, 6.07) is -0.864. The molecule has 1 saturated carbocycles. The summed E-state index contributed by atoms with van der Waals surface area (Å²) in [6.45, 7) is 1.73. The van der Waals surface area contributed by atoms with Crippen LogP contribution in [0.1, 0.15) is 37.0 Å². The van der Waals surface area contributed by atoms with E-state index in [2.05, 4.69) is 10.1 Å². The lowest BCUT2D eigenvalue weighted by Gasteiger charge is -1.92. The quantitative estimate of drug-likeness (QED) is 0.607. The van der Waals surface area contributed by atoms with Gasteiger partial charge in [-0.15, -0.1) is 12.4 Å². The molecule has 0 amide bonds. The van der Waals surface area contributed by atoms with Crippen LogP contribution in [0.3, 0.4) is 0 Å². The molecule has 1 aromatic heterocycles. The van der Waals surface area contributed by atoms with Crippen molar-refractivity contribution >= 4 is 12.4 Å². The molecule has 0 saturated heterocycles. The highest BCUT2D eigenvalue weighted by molar-refractivity contribution is 5.85. The molecule has 1 aromatic rings. The van der Waals surface area contributed by atoms with Crippen LogP contribution >= 0.6 is 12.4 Å². The van der Waals surface area contributed by atoms with Crippen molar-refractivity contribution in [1.29, 1.82) is 0 Å². The SMILES string of the molecule is CC(N)c1noc([C@H]2C[C@@H]2[N+](=O)[O-])n1.Cl. The first-order valence-corrected chi connectivity index (χ1v) is 4.32. The fourth-order valence-corrected chi connectivity index (χ4v) is 1.26. The molecule has 3 atom stereocenters. The van der Waals surface area contributed by atoms with E-state index in [1.54, 1.807) is 6.92 Å². The summed E-state index contributed by atoms with van der Waals surface area (Å²) in [6.07, 6.45) is 0.480. The molecule has 7 nitrogen and oxygen atoms in total. The van der Waals surface area contributed by atoms with Crippen LogP contribution in [-0.2, 0) is 0 Å². The van der Waals surface area contributed by atoms with Crippen LogP contribution in [0.4, 0.5) is 0 Å². The minimum atomic E-state index is -0.559. The molecular formula is C7H11ClN4O3. The van der Waals surface area contributed by atoms with E-state index in [1.165, 1.54) is 0 Å². The molecule has 0 aromatic carbocycles. The van der Waals surface area contributed by atoms with Crippen LogP contribution < -0.4 is 5.73 Å². The van der Waals surface area contributed by atoms with Gasteiger partial charge in [-0.3, -0.25) is 10.1 Å². The van der Waals surface area contributed by atoms with Gasteiger partial charge < -0.3 is 10.3 Å². The Kier molecular flexibility index (Phi) is 3.25. The molecule has 1 fully saturated rings. The van der Waals surface area contributed by atoms with Gasteiger partial charge in [0.25, 0.3) is 0 Å². The molecule has 1 heterocycles. The van der Waals surface area contributed by atoms with Crippen LogP contribution in [0, 0.1) is 10.1 Å². The number of hydrogen-bond acceptors (Lipinski definition) is 6. The average Bonchev–Trinajstić information content (AvgIpc) is 2.76. The summed E-state index contributed by atoms with van der Waals surface area (Å²) in [5, 5.41) is 14.0. The van der Waals surface area contributed by atoms with Crippen molar-refractivity contribution in [3.8, 4) is 0 Å². The van der Waals surface area contributed by atoms with Gasteiger partial charge in [0.1, 0.15) is 5.92 Å². The number of rotatable bonds is 3. The molecule has 0 aliphatic heterocycles. The minimum Gasteiger partial charge on any atom is -0.339 e. The summed E-state index contributed by atoms with van der Waals surface area (Å²) in [4.78, 5) is 14.1. The third-order valence-electron chi connectivity index (χ3n) is 2.21.